The van der Waals surface area contributed by atoms with Crippen molar-refractivity contribution >= 4 is 11.6 Å². The second-order valence-corrected chi connectivity index (χ2v) is 7.78. The first-order chi connectivity index (χ1) is 16.5. The van der Waals surface area contributed by atoms with Crippen molar-refractivity contribution in [1.82, 2.24) is 0 Å². The van der Waals surface area contributed by atoms with Crippen LogP contribution in [0.3, 0.4) is 0 Å². The Hall–Kier alpha value is -3.59. The van der Waals surface area contributed by atoms with Crippen LogP contribution in [0, 0.1) is 34.9 Å². The first-order valence-electron chi connectivity index (χ1n) is 9.73. The minimum absolute atomic E-state index is 0.0906. The summed E-state index contributed by atoms with van der Waals surface area (Å²) in [5, 5.41) is 0.404. The third-order valence-electron chi connectivity index (χ3n) is 4.97. The molecule has 0 aliphatic rings. The van der Waals surface area contributed by atoms with Crippen molar-refractivity contribution in [1.29, 1.82) is 0 Å². The Balaban J connectivity index is 1.68. The Morgan fingerprint density at radius 1 is 0.600 bits per heavy atom. The average Bonchev–Trinajstić information content (AvgIpc) is 2.76. The fraction of sp³-hybridized carbons (Fsp3) is 0.0400. The summed E-state index contributed by atoms with van der Waals surface area (Å²) < 4.78 is 117. The Morgan fingerprint density at radius 3 is 1.74 bits per heavy atom. The van der Waals surface area contributed by atoms with Crippen molar-refractivity contribution in [2.45, 2.75) is 6.11 Å². The predicted molar refractivity (Wildman–Crippen MR) is 113 cm³/mol. The molecule has 0 spiro atoms. The molecule has 0 bridgehead atoms. The first-order valence-corrected chi connectivity index (χ1v) is 10.1. The second-order valence-electron chi connectivity index (χ2n) is 7.34. The van der Waals surface area contributed by atoms with E-state index < -0.39 is 57.9 Å². The maximum absolute atomic E-state index is 14.8. The standard InChI is InChI=1S/C25H11ClF8O/c26-15-3-1-2-12(6-15)13-4-5-17(18(27)7-13)14-8-19(28)23(20(29)9-14)25(33,34)35-16-10-21(30)24(32)22(31)11-16/h1-11H. The summed E-state index contributed by atoms with van der Waals surface area (Å²) in [6, 6.07) is 11.3. The molecule has 0 radical (unpaired) electrons. The van der Waals surface area contributed by atoms with E-state index in [1.807, 2.05) is 0 Å². The molecule has 0 atom stereocenters. The lowest BCUT2D eigenvalue weighted by atomic mass is 9.98. The normalized spacial score (nSPS) is 11.6. The summed E-state index contributed by atoms with van der Waals surface area (Å²) in [5.74, 6) is -11.4. The third-order valence-corrected chi connectivity index (χ3v) is 5.21. The lowest BCUT2D eigenvalue weighted by Crippen LogP contribution is -2.25. The van der Waals surface area contributed by atoms with Gasteiger partial charge in [0, 0.05) is 22.7 Å². The summed E-state index contributed by atoms with van der Waals surface area (Å²) in [7, 11) is 0. The molecule has 0 fully saturated rings. The van der Waals surface area contributed by atoms with Crippen molar-refractivity contribution in [3.8, 4) is 28.0 Å². The van der Waals surface area contributed by atoms with Crippen molar-refractivity contribution in [3.05, 3.63) is 112 Å². The quantitative estimate of drug-likeness (QED) is 0.191. The molecule has 0 aliphatic heterocycles. The number of benzene rings is 4. The minimum atomic E-state index is -4.75. The highest BCUT2D eigenvalue weighted by Crippen LogP contribution is 2.38. The maximum Gasteiger partial charge on any atom is 0.432 e. The molecule has 10 heteroatoms. The van der Waals surface area contributed by atoms with Gasteiger partial charge in [-0.3, -0.25) is 0 Å². The Bertz CT molecular complexity index is 1390. The van der Waals surface area contributed by atoms with E-state index in [1.54, 1.807) is 24.3 Å². The van der Waals surface area contributed by atoms with Gasteiger partial charge in [0.1, 0.15) is 28.8 Å². The van der Waals surface area contributed by atoms with Crippen molar-refractivity contribution < 1.29 is 39.9 Å². The van der Waals surface area contributed by atoms with Gasteiger partial charge in [0.2, 0.25) is 0 Å². The van der Waals surface area contributed by atoms with Gasteiger partial charge in [0.05, 0.1) is 0 Å². The van der Waals surface area contributed by atoms with Gasteiger partial charge in [-0.05, 0) is 47.0 Å². The summed E-state index contributed by atoms with van der Waals surface area (Å²) in [4.78, 5) is 0. The molecule has 0 heterocycles. The van der Waals surface area contributed by atoms with Crippen LogP contribution in [0.15, 0.2) is 66.7 Å². The number of alkyl halides is 2. The highest BCUT2D eigenvalue weighted by atomic mass is 35.5. The molecule has 0 aliphatic carbocycles. The van der Waals surface area contributed by atoms with E-state index >= 15 is 0 Å². The topological polar surface area (TPSA) is 9.23 Å². The number of hydrogen-bond acceptors (Lipinski definition) is 1. The zero-order valence-corrected chi connectivity index (χ0v) is 17.9. The zero-order valence-electron chi connectivity index (χ0n) is 17.2. The summed E-state index contributed by atoms with van der Waals surface area (Å²) in [6.07, 6.45) is -4.75. The molecule has 0 aromatic heterocycles. The third kappa shape index (κ3) is 4.95. The van der Waals surface area contributed by atoms with Crippen LogP contribution in [0.25, 0.3) is 22.3 Å². The Morgan fingerprint density at radius 2 is 1.17 bits per heavy atom. The van der Waals surface area contributed by atoms with Crippen LogP contribution in [0.2, 0.25) is 5.02 Å². The van der Waals surface area contributed by atoms with Gasteiger partial charge < -0.3 is 4.74 Å². The summed E-state index contributed by atoms with van der Waals surface area (Å²) in [6.45, 7) is 0. The number of rotatable bonds is 5. The second kappa shape index (κ2) is 9.22. The molecule has 4 aromatic carbocycles. The van der Waals surface area contributed by atoms with Gasteiger partial charge in [-0.15, -0.1) is 0 Å². The molecule has 0 unspecified atom stereocenters. The lowest BCUT2D eigenvalue weighted by molar-refractivity contribution is -0.189. The van der Waals surface area contributed by atoms with Crippen LogP contribution in [0.4, 0.5) is 35.1 Å². The molecule has 0 saturated carbocycles. The molecule has 180 valence electrons. The van der Waals surface area contributed by atoms with Gasteiger partial charge in [0.15, 0.2) is 17.5 Å². The Kier molecular flexibility index (Phi) is 6.46. The zero-order chi connectivity index (χ0) is 25.5. The van der Waals surface area contributed by atoms with Crippen LogP contribution in [0.1, 0.15) is 5.56 Å². The number of hydrogen-bond donors (Lipinski definition) is 0. The van der Waals surface area contributed by atoms with E-state index in [2.05, 4.69) is 4.74 Å². The van der Waals surface area contributed by atoms with Crippen LogP contribution in [-0.2, 0) is 6.11 Å². The van der Waals surface area contributed by atoms with Crippen molar-refractivity contribution in [3.63, 3.8) is 0 Å². The van der Waals surface area contributed by atoms with Crippen LogP contribution >= 0.6 is 11.6 Å². The molecule has 1 nitrogen and oxygen atoms in total. The van der Waals surface area contributed by atoms with Crippen LogP contribution < -0.4 is 4.74 Å². The minimum Gasteiger partial charge on any atom is -0.429 e. The van der Waals surface area contributed by atoms with Gasteiger partial charge in [0.25, 0.3) is 0 Å². The molecule has 35 heavy (non-hydrogen) atoms. The lowest BCUT2D eigenvalue weighted by Gasteiger charge is -2.20. The summed E-state index contributed by atoms with van der Waals surface area (Å²) >= 11 is 5.92. The summed E-state index contributed by atoms with van der Waals surface area (Å²) in [5.41, 5.74) is -1.59. The Labute approximate surface area is 198 Å². The van der Waals surface area contributed by atoms with E-state index in [4.69, 9.17) is 11.6 Å². The number of halogens is 9. The maximum atomic E-state index is 14.8. The van der Waals surface area contributed by atoms with Gasteiger partial charge in [-0.1, -0.05) is 35.9 Å². The molecule has 0 amide bonds. The van der Waals surface area contributed by atoms with Crippen molar-refractivity contribution in [2.24, 2.45) is 0 Å². The van der Waals surface area contributed by atoms with E-state index in [1.165, 1.54) is 12.1 Å². The fourth-order valence-electron chi connectivity index (χ4n) is 3.39. The molecule has 4 aromatic rings. The first kappa shape index (κ1) is 24.5. The van der Waals surface area contributed by atoms with Gasteiger partial charge in [-0.25, -0.2) is 26.3 Å². The van der Waals surface area contributed by atoms with Gasteiger partial charge in [-0.2, -0.15) is 8.78 Å². The molecule has 4 rings (SSSR count). The smallest absolute Gasteiger partial charge is 0.429 e. The molecular formula is C25H11ClF8O. The molecule has 0 N–H and O–H groups in total. The van der Waals surface area contributed by atoms with E-state index in [9.17, 15) is 35.1 Å². The number of ether oxygens (including phenoxy) is 1. The average molecular weight is 515 g/mol. The monoisotopic (exact) mass is 514 g/mol. The SMILES string of the molecule is Fc1cc(-c2cccc(Cl)c2)ccc1-c1cc(F)c(C(F)(F)Oc2cc(F)c(F)c(F)c2)c(F)c1. The predicted octanol–water partition coefficient (Wildman–Crippen LogP) is 8.64. The van der Waals surface area contributed by atoms with Crippen LogP contribution in [-0.4, -0.2) is 0 Å². The molecule has 0 saturated heterocycles. The molecular weight excluding hydrogens is 504 g/mol. The van der Waals surface area contributed by atoms with Gasteiger partial charge >= 0.3 is 6.11 Å². The van der Waals surface area contributed by atoms with E-state index in [0.717, 1.165) is 6.07 Å². The largest absolute Gasteiger partial charge is 0.432 e. The fourth-order valence-corrected chi connectivity index (χ4v) is 3.58. The van der Waals surface area contributed by atoms with Crippen molar-refractivity contribution in [2.75, 3.05) is 0 Å². The van der Waals surface area contributed by atoms with Crippen LogP contribution in [0.5, 0.6) is 5.75 Å². The van der Waals surface area contributed by atoms with E-state index in [-0.39, 0.29) is 17.7 Å². The van der Waals surface area contributed by atoms with E-state index in [0.29, 0.717) is 28.3 Å². The highest BCUT2D eigenvalue weighted by Gasteiger charge is 2.41. The highest BCUT2D eigenvalue weighted by molar-refractivity contribution is 6.30.